The van der Waals surface area contributed by atoms with Crippen LogP contribution >= 0.6 is 24.0 Å². The highest BCUT2D eigenvalue weighted by atomic mass is 127. The van der Waals surface area contributed by atoms with Gasteiger partial charge in [-0.05, 0) is 56.7 Å². The molecule has 0 atom stereocenters. The first-order chi connectivity index (χ1) is 12.3. The van der Waals surface area contributed by atoms with E-state index in [4.69, 9.17) is 4.99 Å². The van der Waals surface area contributed by atoms with Gasteiger partial charge in [0.05, 0.1) is 6.54 Å². The number of carbonyl (C=O) groups is 1. The van der Waals surface area contributed by atoms with Gasteiger partial charge >= 0.3 is 0 Å². The van der Waals surface area contributed by atoms with Gasteiger partial charge in [-0.15, -0.1) is 24.0 Å². The number of halogens is 1. The molecule has 1 aromatic carbocycles. The quantitative estimate of drug-likeness (QED) is 0.417. The predicted molar refractivity (Wildman–Crippen MR) is 117 cm³/mol. The summed E-state index contributed by atoms with van der Waals surface area (Å²) >= 11 is 0. The Balaban J connectivity index is 0.00000243. The number of benzene rings is 1. The van der Waals surface area contributed by atoms with Gasteiger partial charge in [0.15, 0.2) is 5.96 Å². The van der Waals surface area contributed by atoms with Crippen LogP contribution in [-0.4, -0.2) is 54.4 Å². The van der Waals surface area contributed by atoms with Crippen LogP contribution in [0.3, 0.4) is 0 Å². The molecule has 2 aliphatic rings. The number of guanidine groups is 1. The Labute approximate surface area is 174 Å². The van der Waals surface area contributed by atoms with E-state index in [1.54, 1.807) is 0 Å². The molecule has 3 rings (SSSR count). The lowest BCUT2D eigenvalue weighted by molar-refractivity contribution is 0.0724. The van der Waals surface area contributed by atoms with Crippen molar-refractivity contribution in [3.05, 3.63) is 35.4 Å². The highest BCUT2D eigenvalue weighted by Gasteiger charge is 2.18. The minimum absolute atomic E-state index is 0. The van der Waals surface area contributed by atoms with Gasteiger partial charge in [-0.2, -0.15) is 0 Å². The van der Waals surface area contributed by atoms with Crippen LogP contribution in [0.1, 0.15) is 54.9 Å². The van der Waals surface area contributed by atoms with Crippen LogP contribution in [0.25, 0.3) is 0 Å². The van der Waals surface area contributed by atoms with Crippen LogP contribution in [0.15, 0.2) is 29.3 Å². The smallest absolute Gasteiger partial charge is 0.253 e. The molecule has 0 radical (unpaired) electrons. The van der Waals surface area contributed by atoms with Gasteiger partial charge < -0.3 is 15.1 Å². The SMILES string of the molecule is CCNC(=NCc1ccc(C(=O)N2CCCCC2)cc1)N1CCCC1.I. The lowest BCUT2D eigenvalue weighted by Crippen LogP contribution is -2.39. The standard InChI is InChI=1S/C20H30N4O.HI/c1-2-21-20(24-14-6-7-15-24)22-16-17-8-10-18(11-9-17)19(25)23-12-4-3-5-13-23;/h8-11H,2-7,12-16H2,1H3,(H,21,22);1H. The van der Waals surface area contributed by atoms with Gasteiger partial charge in [-0.25, -0.2) is 4.99 Å². The van der Waals surface area contributed by atoms with Crippen molar-refractivity contribution in [2.75, 3.05) is 32.7 Å². The molecule has 0 aromatic heterocycles. The van der Waals surface area contributed by atoms with Crippen LogP contribution in [0, 0.1) is 0 Å². The molecule has 0 unspecified atom stereocenters. The van der Waals surface area contributed by atoms with E-state index in [0.29, 0.717) is 6.54 Å². The fourth-order valence-electron chi connectivity index (χ4n) is 3.55. The zero-order valence-electron chi connectivity index (χ0n) is 15.7. The number of aliphatic imine (C=N–C) groups is 1. The monoisotopic (exact) mass is 470 g/mol. The number of likely N-dealkylation sites (tertiary alicyclic amines) is 2. The summed E-state index contributed by atoms with van der Waals surface area (Å²) in [6.45, 7) is 7.62. The van der Waals surface area contributed by atoms with Crippen LogP contribution in [-0.2, 0) is 6.54 Å². The second-order valence-electron chi connectivity index (χ2n) is 6.91. The van der Waals surface area contributed by atoms with Crippen molar-refractivity contribution in [2.45, 2.75) is 45.6 Å². The average Bonchev–Trinajstić information content (AvgIpc) is 3.20. The summed E-state index contributed by atoms with van der Waals surface area (Å²) in [4.78, 5) is 21.6. The summed E-state index contributed by atoms with van der Waals surface area (Å²) < 4.78 is 0. The third-order valence-electron chi connectivity index (χ3n) is 5.00. The Bertz CT molecular complexity index is 590. The molecule has 144 valence electrons. The van der Waals surface area contributed by atoms with E-state index in [0.717, 1.165) is 62.7 Å². The second-order valence-corrected chi connectivity index (χ2v) is 6.91. The zero-order chi connectivity index (χ0) is 17.5. The molecule has 1 amide bonds. The first kappa shape index (κ1) is 21.0. The van der Waals surface area contributed by atoms with E-state index in [-0.39, 0.29) is 29.9 Å². The summed E-state index contributed by atoms with van der Waals surface area (Å²) in [7, 11) is 0. The number of piperidine rings is 1. The Hall–Kier alpha value is -1.31. The maximum atomic E-state index is 12.5. The molecular formula is C20H31IN4O. The molecule has 0 saturated carbocycles. The Kier molecular flexibility index (Phi) is 8.68. The normalized spacial score (nSPS) is 17.8. The number of nitrogens with one attached hydrogen (secondary N) is 1. The lowest BCUT2D eigenvalue weighted by atomic mass is 10.1. The number of amides is 1. The fourth-order valence-corrected chi connectivity index (χ4v) is 3.55. The minimum Gasteiger partial charge on any atom is -0.357 e. The summed E-state index contributed by atoms with van der Waals surface area (Å²) in [6, 6.07) is 7.97. The zero-order valence-corrected chi connectivity index (χ0v) is 18.1. The van der Waals surface area contributed by atoms with Gasteiger partial charge in [0, 0.05) is 38.3 Å². The summed E-state index contributed by atoms with van der Waals surface area (Å²) in [5.74, 6) is 1.17. The second kappa shape index (κ2) is 10.7. The Morgan fingerprint density at radius 1 is 0.962 bits per heavy atom. The Morgan fingerprint density at radius 2 is 1.54 bits per heavy atom. The summed E-state index contributed by atoms with van der Waals surface area (Å²) in [5.41, 5.74) is 1.94. The van der Waals surface area contributed by atoms with Crippen molar-refractivity contribution in [3.8, 4) is 0 Å². The molecule has 6 heteroatoms. The van der Waals surface area contributed by atoms with Crippen LogP contribution in [0.4, 0.5) is 0 Å². The van der Waals surface area contributed by atoms with Crippen LogP contribution in [0.2, 0.25) is 0 Å². The molecular weight excluding hydrogens is 439 g/mol. The molecule has 1 aromatic rings. The largest absolute Gasteiger partial charge is 0.357 e. The number of nitrogens with zero attached hydrogens (tertiary/aromatic N) is 3. The lowest BCUT2D eigenvalue weighted by Gasteiger charge is -2.26. The van der Waals surface area contributed by atoms with Crippen molar-refractivity contribution in [1.82, 2.24) is 15.1 Å². The molecule has 0 aliphatic carbocycles. The van der Waals surface area contributed by atoms with Gasteiger partial charge in [0.25, 0.3) is 5.91 Å². The molecule has 2 saturated heterocycles. The van der Waals surface area contributed by atoms with Gasteiger partial charge in [-0.3, -0.25) is 4.79 Å². The molecule has 2 aliphatic heterocycles. The molecule has 0 spiro atoms. The maximum absolute atomic E-state index is 12.5. The number of rotatable bonds is 4. The van der Waals surface area contributed by atoms with Gasteiger partial charge in [-0.1, -0.05) is 12.1 Å². The molecule has 5 nitrogen and oxygen atoms in total. The molecule has 26 heavy (non-hydrogen) atoms. The average molecular weight is 470 g/mol. The van der Waals surface area contributed by atoms with Crippen molar-refractivity contribution >= 4 is 35.8 Å². The third-order valence-corrected chi connectivity index (χ3v) is 5.00. The van der Waals surface area contributed by atoms with Crippen molar-refractivity contribution in [1.29, 1.82) is 0 Å². The van der Waals surface area contributed by atoms with Crippen molar-refractivity contribution in [3.63, 3.8) is 0 Å². The first-order valence-corrected chi connectivity index (χ1v) is 9.69. The van der Waals surface area contributed by atoms with E-state index in [2.05, 4.69) is 17.1 Å². The third kappa shape index (κ3) is 5.59. The molecule has 2 fully saturated rings. The van der Waals surface area contributed by atoms with Crippen molar-refractivity contribution < 1.29 is 4.79 Å². The first-order valence-electron chi connectivity index (χ1n) is 9.69. The number of hydrogen-bond donors (Lipinski definition) is 1. The highest BCUT2D eigenvalue weighted by molar-refractivity contribution is 14.0. The van der Waals surface area contributed by atoms with E-state index >= 15 is 0 Å². The highest BCUT2D eigenvalue weighted by Crippen LogP contribution is 2.14. The minimum atomic E-state index is 0. The Morgan fingerprint density at radius 3 is 2.15 bits per heavy atom. The van der Waals surface area contributed by atoms with Crippen LogP contribution < -0.4 is 5.32 Å². The van der Waals surface area contributed by atoms with Gasteiger partial charge in [0.1, 0.15) is 0 Å². The van der Waals surface area contributed by atoms with Crippen LogP contribution in [0.5, 0.6) is 0 Å². The van der Waals surface area contributed by atoms with E-state index in [1.165, 1.54) is 19.3 Å². The summed E-state index contributed by atoms with van der Waals surface area (Å²) in [6.07, 6.45) is 5.99. The number of carbonyl (C=O) groups excluding carboxylic acids is 1. The van der Waals surface area contributed by atoms with Crippen molar-refractivity contribution in [2.24, 2.45) is 4.99 Å². The fraction of sp³-hybridized carbons (Fsp3) is 0.600. The molecule has 2 heterocycles. The number of hydrogen-bond acceptors (Lipinski definition) is 2. The maximum Gasteiger partial charge on any atom is 0.253 e. The van der Waals surface area contributed by atoms with E-state index in [1.807, 2.05) is 29.2 Å². The molecule has 0 bridgehead atoms. The van der Waals surface area contributed by atoms with E-state index < -0.39 is 0 Å². The molecule has 1 N–H and O–H groups in total. The van der Waals surface area contributed by atoms with Gasteiger partial charge in [0.2, 0.25) is 0 Å². The topological polar surface area (TPSA) is 47.9 Å². The van der Waals surface area contributed by atoms with E-state index in [9.17, 15) is 4.79 Å². The predicted octanol–water partition coefficient (Wildman–Crippen LogP) is 3.49. The summed E-state index contributed by atoms with van der Waals surface area (Å²) in [5, 5.41) is 3.38.